The Morgan fingerprint density at radius 1 is 1.43 bits per heavy atom. The normalized spacial score (nSPS) is 12.7. The molecule has 1 atom stereocenters. The van der Waals surface area contributed by atoms with Crippen molar-refractivity contribution in [2.24, 2.45) is 0 Å². The number of nitrogens with one attached hydrogen (secondary N) is 1. The molecule has 0 aromatic carbocycles. The summed E-state index contributed by atoms with van der Waals surface area (Å²) in [4.78, 5) is 23.2. The van der Waals surface area contributed by atoms with Gasteiger partial charge in [-0.1, -0.05) is 13.3 Å². The molecule has 130 valence electrons. The molecule has 1 rings (SSSR count). The van der Waals surface area contributed by atoms with Crippen LogP contribution in [0.15, 0.2) is 6.20 Å². The summed E-state index contributed by atoms with van der Waals surface area (Å²) in [5, 5.41) is 16.1. The maximum Gasteiger partial charge on any atom is 0.408 e. The third kappa shape index (κ3) is 6.71. The second-order valence-electron chi connectivity index (χ2n) is 6.60. The van der Waals surface area contributed by atoms with E-state index in [1.807, 2.05) is 17.8 Å². The molecule has 7 nitrogen and oxygen atoms in total. The van der Waals surface area contributed by atoms with Crippen LogP contribution in [0.25, 0.3) is 0 Å². The van der Waals surface area contributed by atoms with Crippen molar-refractivity contribution in [1.29, 1.82) is 0 Å². The summed E-state index contributed by atoms with van der Waals surface area (Å²) in [7, 11) is 0. The maximum atomic E-state index is 11.8. The molecule has 0 aliphatic rings. The van der Waals surface area contributed by atoms with E-state index in [4.69, 9.17) is 4.74 Å². The van der Waals surface area contributed by atoms with Crippen molar-refractivity contribution in [3.05, 3.63) is 17.5 Å². The highest BCUT2D eigenvalue weighted by Gasteiger charge is 2.25. The highest BCUT2D eigenvalue weighted by atomic mass is 16.6. The Hall–Kier alpha value is -2.05. The predicted octanol–water partition coefficient (Wildman–Crippen LogP) is 2.51. The monoisotopic (exact) mass is 325 g/mol. The highest BCUT2D eigenvalue weighted by molar-refractivity contribution is 5.80. The van der Waals surface area contributed by atoms with Crippen LogP contribution in [0.4, 0.5) is 4.79 Å². The molecule has 1 unspecified atom stereocenters. The fraction of sp³-hybridized carbons (Fsp3) is 0.688. The molecule has 0 fully saturated rings. The summed E-state index contributed by atoms with van der Waals surface area (Å²) >= 11 is 0. The fourth-order valence-corrected chi connectivity index (χ4v) is 2.06. The molecule has 1 aromatic rings. The van der Waals surface area contributed by atoms with Crippen molar-refractivity contribution >= 4 is 12.1 Å². The van der Waals surface area contributed by atoms with Gasteiger partial charge in [-0.15, -0.1) is 0 Å². The van der Waals surface area contributed by atoms with E-state index in [-0.39, 0.29) is 6.42 Å². The molecule has 23 heavy (non-hydrogen) atoms. The third-order valence-electron chi connectivity index (χ3n) is 3.20. The van der Waals surface area contributed by atoms with Crippen LogP contribution in [0.5, 0.6) is 0 Å². The smallest absolute Gasteiger partial charge is 0.408 e. The second-order valence-corrected chi connectivity index (χ2v) is 6.60. The largest absolute Gasteiger partial charge is 0.480 e. The van der Waals surface area contributed by atoms with E-state index >= 15 is 0 Å². The van der Waals surface area contributed by atoms with E-state index in [2.05, 4.69) is 17.3 Å². The minimum absolute atomic E-state index is 0.173. The minimum atomic E-state index is -1.10. The number of nitrogens with zero attached hydrogens (tertiary/aromatic N) is 2. The SMILES string of the molecule is CCCCn1cc(CC(NC(=O)OC(C)(C)C)C(=O)O)c(C)n1. The molecule has 2 N–H and O–H groups in total. The first-order valence-corrected chi connectivity index (χ1v) is 7.87. The van der Waals surface area contributed by atoms with Crippen LogP contribution in [0, 0.1) is 6.92 Å². The lowest BCUT2D eigenvalue weighted by Gasteiger charge is -2.21. The van der Waals surface area contributed by atoms with Gasteiger partial charge < -0.3 is 15.2 Å². The lowest BCUT2D eigenvalue weighted by molar-refractivity contribution is -0.139. The maximum absolute atomic E-state index is 11.8. The van der Waals surface area contributed by atoms with Crippen molar-refractivity contribution in [2.75, 3.05) is 0 Å². The molecule has 0 bridgehead atoms. The zero-order valence-electron chi connectivity index (χ0n) is 14.5. The summed E-state index contributed by atoms with van der Waals surface area (Å²) in [5.74, 6) is -1.10. The summed E-state index contributed by atoms with van der Waals surface area (Å²) in [6, 6.07) is -1.05. The molecule has 0 aliphatic heterocycles. The Morgan fingerprint density at radius 3 is 2.61 bits per heavy atom. The number of aryl methyl sites for hydroxylation is 2. The van der Waals surface area contributed by atoms with Gasteiger partial charge in [0.25, 0.3) is 0 Å². The number of carboxylic acids is 1. The number of amides is 1. The van der Waals surface area contributed by atoms with Crippen LogP contribution in [0.3, 0.4) is 0 Å². The van der Waals surface area contributed by atoms with Crippen LogP contribution in [-0.4, -0.2) is 38.6 Å². The highest BCUT2D eigenvalue weighted by Crippen LogP contribution is 2.11. The number of carbonyl (C=O) groups is 2. The first kappa shape index (κ1) is 19.0. The zero-order chi connectivity index (χ0) is 17.6. The van der Waals surface area contributed by atoms with Gasteiger partial charge in [-0.25, -0.2) is 9.59 Å². The van der Waals surface area contributed by atoms with Crippen molar-refractivity contribution in [3.63, 3.8) is 0 Å². The number of unbranched alkanes of at least 4 members (excludes halogenated alkanes) is 1. The van der Waals surface area contributed by atoms with Crippen LogP contribution in [0.1, 0.15) is 51.8 Å². The Morgan fingerprint density at radius 2 is 2.09 bits per heavy atom. The number of ether oxygens (including phenoxy) is 1. The van der Waals surface area contributed by atoms with E-state index in [1.54, 1.807) is 20.8 Å². The quantitative estimate of drug-likeness (QED) is 0.803. The molecule has 7 heteroatoms. The van der Waals surface area contributed by atoms with Crippen LogP contribution < -0.4 is 5.32 Å². The number of hydrogen-bond donors (Lipinski definition) is 2. The molecule has 0 saturated heterocycles. The van der Waals surface area contributed by atoms with Gasteiger partial charge in [0.1, 0.15) is 11.6 Å². The number of carboxylic acid groups (broad SMARTS) is 1. The topological polar surface area (TPSA) is 93.5 Å². The number of aromatic nitrogens is 2. The van der Waals surface area contributed by atoms with Gasteiger partial charge in [-0.05, 0) is 39.7 Å². The Kier molecular flexibility index (Phi) is 6.60. The van der Waals surface area contributed by atoms with Gasteiger partial charge in [0.15, 0.2) is 0 Å². The third-order valence-corrected chi connectivity index (χ3v) is 3.20. The predicted molar refractivity (Wildman–Crippen MR) is 86.4 cm³/mol. The molecule has 0 aliphatic carbocycles. The Balaban J connectivity index is 2.74. The van der Waals surface area contributed by atoms with E-state index in [0.717, 1.165) is 30.6 Å². The average Bonchev–Trinajstić information content (AvgIpc) is 2.74. The lowest BCUT2D eigenvalue weighted by atomic mass is 10.1. The molecule has 0 radical (unpaired) electrons. The minimum Gasteiger partial charge on any atom is -0.480 e. The summed E-state index contributed by atoms with van der Waals surface area (Å²) in [6.45, 7) is 9.92. The number of rotatable bonds is 7. The summed E-state index contributed by atoms with van der Waals surface area (Å²) in [5.41, 5.74) is 0.913. The zero-order valence-corrected chi connectivity index (χ0v) is 14.5. The van der Waals surface area contributed by atoms with Gasteiger partial charge in [0.05, 0.1) is 5.69 Å². The first-order valence-electron chi connectivity index (χ1n) is 7.87. The van der Waals surface area contributed by atoms with Gasteiger partial charge >= 0.3 is 12.1 Å². The molecular weight excluding hydrogens is 298 g/mol. The van der Waals surface area contributed by atoms with E-state index in [1.165, 1.54) is 0 Å². The van der Waals surface area contributed by atoms with E-state index in [9.17, 15) is 14.7 Å². The molecular formula is C16H27N3O4. The molecule has 1 heterocycles. The molecule has 1 aromatic heterocycles. The van der Waals surface area contributed by atoms with Gasteiger partial charge in [-0.2, -0.15) is 5.10 Å². The lowest BCUT2D eigenvalue weighted by Crippen LogP contribution is -2.44. The first-order chi connectivity index (χ1) is 10.6. The van der Waals surface area contributed by atoms with Crippen molar-refractivity contribution in [3.8, 4) is 0 Å². The van der Waals surface area contributed by atoms with Crippen molar-refractivity contribution in [1.82, 2.24) is 15.1 Å². The van der Waals surface area contributed by atoms with Gasteiger partial charge in [0, 0.05) is 19.2 Å². The van der Waals surface area contributed by atoms with Crippen LogP contribution in [-0.2, 0) is 22.5 Å². The number of alkyl carbamates (subject to hydrolysis) is 1. The second kappa shape index (κ2) is 7.99. The van der Waals surface area contributed by atoms with Crippen LogP contribution in [0.2, 0.25) is 0 Å². The van der Waals surface area contributed by atoms with E-state index < -0.39 is 23.7 Å². The number of carbonyl (C=O) groups excluding carboxylic acids is 1. The van der Waals surface area contributed by atoms with Crippen molar-refractivity contribution in [2.45, 2.75) is 72.1 Å². The summed E-state index contributed by atoms with van der Waals surface area (Å²) < 4.78 is 6.93. The average molecular weight is 325 g/mol. The van der Waals surface area contributed by atoms with Crippen LogP contribution >= 0.6 is 0 Å². The fourth-order valence-electron chi connectivity index (χ4n) is 2.06. The molecule has 0 spiro atoms. The van der Waals surface area contributed by atoms with E-state index in [0.29, 0.717) is 0 Å². The number of hydrogen-bond acceptors (Lipinski definition) is 4. The summed E-state index contributed by atoms with van der Waals surface area (Å²) in [6.07, 6.45) is 3.36. The molecule has 1 amide bonds. The van der Waals surface area contributed by atoms with Gasteiger partial charge in [0.2, 0.25) is 0 Å². The van der Waals surface area contributed by atoms with Crippen molar-refractivity contribution < 1.29 is 19.4 Å². The standard InChI is InChI=1S/C16H27N3O4/c1-6-7-8-19-10-12(11(2)18-19)9-13(14(20)21)17-15(22)23-16(3,4)5/h10,13H,6-9H2,1-5H3,(H,17,22)(H,20,21). The number of aliphatic carboxylic acids is 1. The van der Waals surface area contributed by atoms with Gasteiger partial charge in [-0.3, -0.25) is 4.68 Å². The Bertz CT molecular complexity index is 546. The molecule has 0 saturated carbocycles. The Labute approximate surface area is 137 Å².